The van der Waals surface area contributed by atoms with Crippen molar-refractivity contribution in [2.75, 3.05) is 20.5 Å². The number of alkyl carbamates (subject to hydrolysis) is 1. The van der Waals surface area contributed by atoms with E-state index in [-0.39, 0.29) is 32.0 Å². The van der Waals surface area contributed by atoms with Crippen LogP contribution in [0, 0.1) is 0 Å². The molecule has 1 N–H and O–H groups in total. The Morgan fingerprint density at radius 1 is 1.11 bits per heavy atom. The van der Waals surface area contributed by atoms with E-state index >= 15 is 0 Å². The molecule has 1 rings (SSSR count). The van der Waals surface area contributed by atoms with Crippen LogP contribution >= 0.6 is 0 Å². The lowest BCUT2D eigenvalue weighted by Gasteiger charge is -2.22. The maximum atomic E-state index is 12.4. The van der Waals surface area contributed by atoms with Crippen molar-refractivity contribution in [2.24, 2.45) is 0 Å². The summed E-state index contributed by atoms with van der Waals surface area (Å²) < 4.78 is 20.2. The minimum atomic E-state index is -0.969. The summed E-state index contributed by atoms with van der Waals surface area (Å²) in [6.07, 6.45) is -0.589. The fourth-order valence-corrected chi connectivity index (χ4v) is 2.23. The van der Waals surface area contributed by atoms with Crippen molar-refractivity contribution >= 4 is 17.8 Å². The lowest BCUT2D eigenvalue weighted by Crippen LogP contribution is -2.44. The molecule has 28 heavy (non-hydrogen) atoms. The Bertz CT molecular complexity index is 650. The zero-order chi connectivity index (χ0) is 21.2. The number of esters is 1. The fourth-order valence-electron chi connectivity index (χ4n) is 2.23. The number of amides is 1. The van der Waals surface area contributed by atoms with Gasteiger partial charge in [-0.15, -0.1) is 0 Å². The van der Waals surface area contributed by atoms with Crippen LogP contribution in [0.4, 0.5) is 4.79 Å². The van der Waals surface area contributed by atoms with Gasteiger partial charge in [-0.3, -0.25) is 4.79 Å². The average Bonchev–Trinajstić information content (AvgIpc) is 2.62. The lowest BCUT2D eigenvalue weighted by atomic mass is 10.0. The summed E-state index contributed by atoms with van der Waals surface area (Å²) in [6, 6.07) is 5.62. The van der Waals surface area contributed by atoms with Gasteiger partial charge in [-0.2, -0.15) is 0 Å². The molecule has 8 heteroatoms. The van der Waals surface area contributed by atoms with Gasteiger partial charge in [0.2, 0.25) is 0 Å². The van der Waals surface area contributed by atoms with E-state index in [0.717, 1.165) is 0 Å². The van der Waals surface area contributed by atoms with Gasteiger partial charge in [0, 0.05) is 19.1 Å². The largest absolute Gasteiger partial charge is 0.468 e. The molecule has 0 aliphatic carbocycles. The number of methoxy groups -OCH3 is 1. The second-order valence-electron chi connectivity index (χ2n) is 6.99. The summed E-state index contributed by atoms with van der Waals surface area (Å²) in [6.45, 7) is 7.11. The predicted octanol–water partition coefficient (Wildman–Crippen LogP) is 3.09. The number of carbonyl (C=O) groups excluding carboxylic acids is 3. The molecule has 0 aliphatic rings. The number of hydrogen-bond donors (Lipinski definition) is 1. The second-order valence-corrected chi connectivity index (χ2v) is 6.99. The number of benzene rings is 1. The SMILES string of the molecule is CCOC(=O)[C@H](CCC(=O)c1ccc(OCOC)cc1)NC(=O)OC(C)(C)C. The van der Waals surface area contributed by atoms with Gasteiger partial charge in [-0.1, -0.05) is 0 Å². The van der Waals surface area contributed by atoms with Crippen molar-refractivity contribution in [3.63, 3.8) is 0 Å². The van der Waals surface area contributed by atoms with Gasteiger partial charge in [0.15, 0.2) is 12.6 Å². The first-order valence-electron chi connectivity index (χ1n) is 9.07. The Morgan fingerprint density at radius 3 is 2.29 bits per heavy atom. The highest BCUT2D eigenvalue weighted by molar-refractivity contribution is 5.96. The third-order valence-electron chi connectivity index (χ3n) is 3.44. The van der Waals surface area contributed by atoms with Crippen LogP contribution in [0.25, 0.3) is 0 Å². The molecule has 0 fully saturated rings. The van der Waals surface area contributed by atoms with Crippen molar-refractivity contribution < 1.29 is 33.3 Å². The van der Waals surface area contributed by atoms with E-state index < -0.39 is 23.7 Å². The van der Waals surface area contributed by atoms with Gasteiger partial charge in [0.25, 0.3) is 0 Å². The van der Waals surface area contributed by atoms with Gasteiger partial charge >= 0.3 is 12.1 Å². The fraction of sp³-hybridized carbons (Fsp3) is 0.550. The van der Waals surface area contributed by atoms with Crippen molar-refractivity contribution in [1.82, 2.24) is 5.32 Å². The highest BCUT2D eigenvalue weighted by atomic mass is 16.7. The topological polar surface area (TPSA) is 100 Å². The van der Waals surface area contributed by atoms with Crippen molar-refractivity contribution in [2.45, 2.75) is 52.2 Å². The number of rotatable bonds is 10. The third kappa shape index (κ3) is 8.85. The Hall–Kier alpha value is -2.61. The van der Waals surface area contributed by atoms with Gasteiger partial charge in [0.05, 0.1) is 6.61 Å². The zero-order valence-corrected chi connectivity index (χ0v) is 17.1. The molecule has 0 aliphatic heterocycles. The maximum absolute atomic E-state index is 12.4. The minimum Gasteiger partial charge on any atom is -0.468 e. The first-order chi connectivity index (χ1) is 13.2. The highest BCUT2D eigenvalue weighted by Crippen LogP contribution is 2.15. The minimum absolute atomic E-state index is 0.0531. The molecule has 8 nitrogen and oxygen atoms in total. The van der Waals surface area contributed by atoms with Crippen LogP contribution in [-0.2, 0) is 19.0 Å². The number of carbonyl (C=O) groups is 3. The van der Waals surface area contributed by atoms with Gasteiger partial charge < -0.3 is 24.3 Å². The summed E-state index contributed by atoms with van der Waals surface area (Å²) in [5.41, 5.74) is -0.226. The molecule has 1 aromatic rings. The van der Waals surface area contributed by atoms with E-state index in [0.29, 0.717) is 11.3 Å². The van der Waals surface area contributed by atoms with Crippen LogP contribution in [-0.4, -0.2) is 50.0 Å². The normalized spacial score (nSPS) is 12.0. The monoisotopic (exact) mass is 395 g/mol. The van der Waals surface area contributed by atoms with Crippen molar-refractivity contribution in [3.05, 3.63) is 29.8 Å². The van der Waals surface area contributed by atoms with E-state index in [1.165, 1.54) is 7.11 Å². The first-order valence-corrected chi connectivity index (χ1v) is 9.07. The molecule has 0 unspecified atom stereocenters. The molecule has 1 atom stereocenters. The number of ketones is 1. The summed E-state index contributed by atoms with van der Waals surface area (Å²) in [5, 5.41) is 2.48. The van der Waals surface area contributed by atoms with Crippen LogP contribution in [0.5, 0.6) is 5.75 Å². The van der Waals surface area contributed by atoms with Gasteiger partial charge in [-0.05, 0) is 58.4 Å². The average molecular weight is 395 g/mol. The van der Waals surface area contributed by atoms with Crippen LogP contribution in [0.2, 0.25) is 0 Å². The molecular formula is C20H29NO7. The molecule has 0 spiro atoms. The molecule has 1 amide bonds. The van der Waals surface area contributed by atoms with Crippen LogP contribution in [0.1, 0.15) is 50.9 Å². The zero-order valence-electron chi connectivity index (χ0n) is 17.1. The molecule has 0 saturated carbocycles. The molecule has 0 radical (unpaired) electrons. The number of ether oxygens (including phenoxy) is 4. The molecule has 0 bridgehead atoms. The van der Waals surface area contributed by atoms with E-state index in [4.69, 9.17) is 18.9 Å². The van der Waals surface area contributed by atoms with Crippen LogP contribution in [0.3, 0.4) is 0 Å². The number of hydrogen-bond acceptors (Lipinski definition) is 7. The van der Waals surface area contributed by atoms with Crippen molar-refractivity contribution in [3.8, 4) is 5.75 Å². The predicted molar refractivity (Wildman–Crippen MR) is 102 cm³/mol. The lowest BCUT2D eigenvalue weighted by molar-refractivity contribution is -0.145. The number of nitrogens with one attached hydrogen (secondary N) is 1. The highest BCUT2D eigenvalue weighted by Gasteiger charge is 2.26. The Kier molecular flexibility index (Phi) is 9.44. The third-order valence-corrected chi connectivity index (χ3v) is 3.44. The molecule has 0 aromatic heterocycles. The second kappa shape index (κ2) is 11.3. The van der Waals surface area contributed by atoms with E-state index in [2.05, 4.69) is 5.32 Å². The van der Waals surface area contributed by atoms with E-state index in [1.807, 2.05) is 0 Å². The molecular weight excluding hydrogens is 366 g/mol. The Balaban J connectivity index is 2.68. The molecule has 0 saturated heterocycles. The quantitative estimate of drug-likeness (QED) is 0.369. The summed E-state index contributed by atoms with van der Waals surface area (Å²) in [7, 11) is 1.52. The molecule has 1 aromatic carbocycles. The molecule has 156 valence electrons. The van der Waals surface area contributed by atoms with E-state index in [9.17, 15) is 14.4 Å². The smallest absolute Gasteiger partial charge is 0.408 e. The first kappa shape index (κ1) is 23.4. The standard InChI is InChI=1S/C20H29NO7/c1-6-26-18(23)16(21-19(24)28-20(2,3)4)11-12-17(22)14-7-9-15(10-8-14)27-13-25-5/h7-10,16H,6,11-13H2,1-5H3,(H,21,24)/t16-/m0/s1. The summed E-state index contributed by atoms with van der Waals surface area (Å²) in [4.78, 5) is 36.5. The van der Waals surface area contributed by atoms with Gasteiger partial charge in [-0.25, -0.2) is 9.59 Å². The van der Waals surface area contributed by atoms with Crippen LogP contribution in [0.15, 0.2) is 24.3 Å². The van der Waals surface area contributed by atoms with Crippen molar-refractivity contribution in [1.29, 1.82) is 0 Å². The number of Topliss-reactive ketones (excluding diaryl/α,β-unsaturated/α-hetero) is 1. The summed E-state index contributed by atoms with van der Waals surface area (Å²) >= 11 is 0. The summed E-state index contributed by atoms with van der Waals surface area (Å²) in [5.74, 6) is -0.197. The van der Waals surface area contributed by atoms with Gasteiger partial charge in [0.1, 0.15) is 17.4 Å². The molecule has 0 heterocycles. The maximum Gasteiger partial charge on any atom is 0.408 e. The van der Waals surface area contributed by atoms with Crippen LogP contribution < -0.4 is 10.1 Å². The van der Waals surface area contributed by atoms with E-state index in [1.54, 1.807) is 52.0 Å². The Morgan fingerprint density at radius 2 is 1.75 bits per heavy atom. The Labute approximate surface area is 165 Å².